The lowest BCUT2D eigenvalue weighted by atomic mass is 9.62. The van der Waals surface area contributed by atoms with E-state index in [2.05, 4.69) is 0 Å². The van der Waals surface area contributed by atoms with Crippen molar-refractivity contribution in [3.05, 3.63) is 29.8 Å². The molecule has 3 rings (SSSR count). The van der Waals surface area contributed by atoms with Gasteiger partial charge in [0.25, 0.3) is 0 Å². The number of methoxy groups -OCH3 is 1. The van der Waals surface area contributed by atoms with Crippen LogP contribution in [0.25, 0.3) is 0 Å². The van der Waals surface area contributed by atoms with Gasteiger partial charge in [0.05, 0.1) is 25.9 Å². The molecule has 19 heavy (non-hydrogen) atoms. The minimum atomic E-state index is -0.143. The third-order valence-corrected chi connectivity index (χ3v) is 4.89. The van der Waals surface area contributed by atoms with Crippen molar-refractivity contribution >= 4 is 0 Å². The number of hydrogen-bond acceptors (Lipinski definition) is 3. The Morgan fingerprint density at radius 2 is 1.89 bits per heavy atom. The van der Waals surface area contributed by atoms with Crippen molar-refractivity contribution in [1.29, 1.82) is 0 Å². The highest BCUT2D eigenvalue weighted by molar-refractivity contribution is 5.26. The van der Waals surface area contributed by atoms with E-state index in [4.69, 9.17) is 9.47 Å². The zero-order chi connectivity index (χ0) is 13.3. The Morgan fingerprint density at radius 3 is 2.47 bits per heavy atom. The largest absolute Gasteiger partial charge is 0.497 e. The fraction of sp³-hybridized carbons (Fsp3) is 0.625. The highest BCUT2D eigenvalue weighted by atomic mass is 16.5. The van der Waals surface area contributed by atoms with Gasteiger partial charge in [-0.25, -0.2) is 0 Å². The highest BCUT2D eigenvalue weighted by Crippen LogP contribution is 2.54. The third kappa shape index (κ3) is 2.26. The standard InChI is InChI=1S/C16H22O3/c1-18-13-6-4-12(5-7-13)11-19-15-10-14(17)16(15)8-2-3-9-16/h4-7,14-15,17H,2-3,8-11H2,1H3. The third-order valence-electron chi connectivity index (χ3n) is 4.89. The summed E-state index contributed by atoms with van der Waals surface area (Å²) in [4.78, 5) is 0. The molecule has 0 amide bonds. The van der Waals surface area contributed by atoms with Crippen LogP contribution in [0.1, 0.15) is 37.7 Å². The van der Waals surface area contributed by atoms with E-state index in [1.165, 1.54) is 12.8 Å². The summed E-state index contributed by atoms with van der Waals surface area (Å²) in [6.07, 6.45) is 5.63. The lowest BCUT2D eigenvalue weighted by Gasteiger charge is -2.51. The Balaban J connectivity index is 1.57. The summed E-state index contributed by atoms with van der Waals surface area (Å²) in [6.45, 7) is 0.628. The maximum atomic E-state index is 10.0. The molecule has 0 aliphatic heterocycles. The van der Waals surface area contributed by atoms with Crippen LogP contribution in [0, 0.1) is 5.41 Å². The molecule has 0 bridgehead atoms. The molecule has 2 unspecified atom stereocenters. The first-order valence-electron chi connectivity index (χ1n) is 7.17. The van der Waals surface area contributed by atoms with Crippen molar-refractivity contribution in [3.8, 4) is 5.75 Å². The lowest BCUT2D eigenvalue weighted by molar-refractivity contribution is -0.194. The van der Waals surface area contributed by atoms with Crippen molar-refractivity contribution in [2.75, 3.05) is 7.11 Å². The molecule has 104 valence electrons. The molecule has 3 heteroatoms. The van der Waals surface area contributed by atoms with Crippen molar-refractivity contribution in [2.45, 2.75) is 50.9 Å². The minimum Gasteiger partial charge on any atom is -0.497 e. The van der Waals surface area contributed by atoms with Crippen LogP contribution in [0.3, 0.4) is 0 Å². The normalized spacial score (nSPS) is 28.3. The van der Waals surface area contributed by atoms with E-state index in [0.717, 1.165) is 30.6 Å². The number of benzene rings is 1. The molecule has 2 atom stereocenters. The molecule has 2 saturated carbocycles. The van der Waals surface area contributed by atoms with Crippen LogP contribution in [0.5, 0.6) is 5.75 Å². The Kier molecular flexibility index (Phi) is 3.50. The van der Waals surface area contributed by atoms with Gasteiger partial charge in [0.2, 0.25) is 0 Å². The Labute approximate surface area is 114 Å². The van der Waals surface area contributed by atoms with Crippen LogP contribution in [-0.2, 0) is 11.3 Å². The van der Waals surface area contributed by atoms with E-state index < -0.39 is 0 Å². The lowest BCUT2D eigenvalue weighted by Crippen LogP contribution is -2.56. The summed E-state index contributed by atoms with van der Waals surface area (Å²) in [5.74, 6) is 0.870. The van der Waals surface area contributed by atoms with Crippen molar-refractivity contribution in [1.82, 2.24) is 0 Å². The molecule has 1 N–H and O–H groups in total. The summed E-state index contributed by atoms with van der Waals surface area (Å²) in [7, 11) is 1.67. The van der Waals surface area contributed by atoms with Gasteiger partial charge in [-0.1, -0.05) is 25.0 Å². The average molecular weight is 262 g/mol. The zero-order valence-corrected chi connectivity index (χ0v) is 11.5. The van der Waals surface area contributed by atoms with E-state index in [1.807, 2.05) is 24.3 Å². The molecule has 0 saturated heterocycles. The van der Waals surface area contributed by atoms with Crippen molar-refractivity contribution in [3.63, 3.8) is 0 Å². The van der Waals surface area contributed by atoms with Crippen molar-refractivity contribution < 1.29 is 14.6 Å². The molecule has 2 aliphatic rings. The number of aliphatic hydroxyl groups excluding tert-OH is 1. The first kappa shape index (κ1) is 12.9. The Morgan fingerprint density at radius 1 is 1.21 bits per heavy atom. The second-order valence-electron chi connectivity index (χ2n) is 5.84. The maximum absolute atomic E-state index is 10.0. The Bertz CT molecular complexity index is 420. The van der Waals surface area contributed by atoms with Gasteiger partial charge in [0.1, 0.15) is 5.75 Å². The number of hydrogen-bond donors (Lipinski definition) is 1. The molecule has 0 aromatic heterocycles. The molecule has 0 heterocycles. The molecule has 0 radical (unpaired) electrons. The summed E-state index contributed by atoms with van der Waals surface area (Å²) < 4.78 is 11.2. The topological polar surface area (TPSA) is 38.7 Å². The summed E-state index contributed by atoms with van der Waals surface area (Å²) in [5.41, 5.74) is 1.24. The smallest absolute Gasteiger partial charge is 0.118 e. The van der Waals surface area contributed by atoms with Crippen molar-refractivity contribution in [2.24, 2.45) is 5.41 Å². The van der Waals surface area contributed by atoms with E-state index >= 15 is 0 Å². The first-order valence-corrected chi connectivity index (χ1v) is 7.17. The van der Waals surface area contributed by atoms with Gasteiger partial charge in [-0.15, -0.1) is 0 Å². The van der Waals surface area contributed by atoms with Crippen LogP contribution >= 0.6 is 0 Å². The van der Waals surface area contributed by atoms with Crippen LogP contribution in [0.15, 0.2) is 24.3 Å². The SMILES string of the molecule is COc1ccc(COC2CC(O)C23CCCC3)cc1. The predicted molar refractivity (Wildman–Crippen MR) is 73.1 cm³/mol. The predicted octanol–water partition coefficient (Wildman–Crippen LogP) is 2.91. The van der Waals surface area contributed by atoms with Gasteiger partial charge < -0.3 is 14.6 Å². The van der Waals surface area contributed by atoms with Crippen LogP contribution in [-0.4, -0.2) is 24.4 Å². The second kappa shape index (κ2) is 5.14. The summed E-state index contributed by atoms with van der Waals surface area (Å²) >= 11 is 0. The van der Waals surface area contributed by atoms with Gasteiger partial charge in [-0.05, 0) is 30.5 Å². The zero-order valence-electron chi connectivity index (χ0n) is 11.5. The van der Waals surface area contributed by atoms with Gasteiger partial charge in [0.15, 0.2) is 0 Å². The van der Waals surface area contributed by atoms with Gasteiger partial charge >= 0.3 is 0 Å². The van der Waals surface area contributed by atoms with Gasteiger partial charge in [-0.2, -0.15) is 0 Å². The minimum absolute atomic E-state index is 0.0759. The van der Waals surface area contributed by atoms with Gasteiger partial charge in [0, 0.05) is 11.8 Å². The molecular formula is C16H22O3. The number of rotatable bonds is 4. The fourth-order valence-electron chi connectivity index (χ4n) is 3.57. The van der Waals surface area contributed by atoms with E-state index in [1.54, 1.807) is 7.11 Å². The molecule has 2 fully saturated rings. The van der Waals surface area contributed by atoms with Crippen LogP contribution < -0.4 is 4.74 Å². The van der Waals surface area contributed by atoms with Gasteiger partial charge in [-0.3, -0.25) is 0 Å². The monoisotopic (exact) mass is 262 g/mol. The maximum Gasteiger partial charge on any atom is 0.118 e. The second-order valence-corrected chi connectivity index (χ2v) is 5.84. The van der Waals surface area contributed by atoms with Crippen LogP contribution in [0.2, 0.25) is 0 Å². The Hall–Kier alpha value is -1.06. The molecular weight excluding hydrogens is 240 g/mol. The molecule has 1 aromatic rings. The molecule has 1 spiro atoms. The number of ether oxygens (including phenoxy) is 2. The van der Waals surface area contributed by atoms with E-state index in [0.29, 0.717) is 6.61 Å². The van der Waals surface area contributed by atoms with E-state index in [9.17, 15) is 5.11 Å². The van der Waals surface area contributed by atoms with E-state index in [-0.39, 0.29) is 17.6 Å². The molecule has 1 aromatic carbocycles. The fourth-order valence-corrected chi connectivity index (χ4v) is 3.57. The number of aliphatic hydroxyl groups is 1. The quantitative estimate of drug-likeness (QED) is 0.906. The average Bonchev–Trinajstić information content (AvgIpc) is 2.96. The first-order chi connectivity index (χ1) is 9.24. The highest BCUT2D eigenvalue weighted by Gasteiger charge is 2.56. The summed E-state index contributed by atoms with van der Waals surface area (Å²) in [6, 6.07) is 7.99. The van der Waals surface area contributed by atoms with Crippen LogP contribution in [0.4, 0.5) is 0 Å². The molecule has 3 nitrogen and oxygen atoms in total. The molecule has 2 aliphatic carbocycles. The summed E-state index contributed by atoms with van der Waals surface area (Å²) in [5, 5.41) is 10.0.